The molecule has 1 amide bonds. The molecule has 4 nitrogen and oxygen atoms in total. The third-order valence-corrected chi connectivity index (χ3v) is 2.73. The fourth-order valence-corrected chi connectivity index (χ4v) is 1.57. The SMILES string of the molecule is COCC(CNC(=O)c1ccc(F)c(S)c1)OC. The fourth-order valence-electron chi connectivity index (χ4n) is 1.36. The number of rotatable bonds is 6. The molecule has 0 radical (unpaired) electrons. The van der Waals surface area contributed by atoms with Gasteiger partial charge < -0.3 is 14.8 Å². The van der Waals surface area contributed by atoms with Crippen molar-refractivity contribution >= 4 is 18.5 Å². The zero-order valence-electron chi connectivity index (χ0n) is 10.3. The van der Waals surface area contributed by atoms with E-state index in [1.165, 1.54) is 18.2 Å². The van der Waals surface area contributed by atoms with Crippen LogP contribution in [0.2, 0.25) is 0 Å². The Morgan fingerprint density at radius 1 is 1.50 bits per heavy atom. The molecular formula is C12H16FNO3S. The molecule has 0 heterocycles. The summed E-state index contributed by atoms with van der Waals surface area (Å²) in [4.78, 5) is 11.9. The van der Waals surface area contributed by atoms with Crippen LogP contribution < -0.4 is 5.32 Å². The van der Waals surface area contributed by atoms with Gasteiger partial charge >= 0.3 is 0 Å². The Hall–Kier alpha value is -1.11. The molecule has 1 aromatic rings. The minimum absolute atomic E-state index is 0.142. The minimum Gasteiger partial charge on any atom is -0.382 e. The number of ether oxygens (including phenoxy) is 2. The Balaban J connectivity index is 2.57. The number of methoxy groups -OCH3 is 2. The van der Waals surface area contributed by atoms with Gasteiger partial charge in [-0.25, -0.2) is 4.39 Å². The Bertz CT molecular complexity index is 414. The van der Waals surface area contributed by atoms with Crippen molar-refractivity contribution in [1.82, 2.24) is 5.32 Å². The monoisotopic (exact) mass is 273 g/mol. The molecule has 18 heavy (non-hydrogen) atoms. The minimum atomic E-state index is -0.455. The van der Waals surface area contributed by atoms with Crippen LogP contribution in [0.15, 0.2) is 23.1 Å². The van der Waals surface area contributed by atoms with E-state index >= 15 is 0 Å². The number of nitrogens with one attached hydrogen (secondary N) is 1. The molecule has 6 heteroatoms. The molecule has 0 aliphatic heterocycles. The molecule has 0 aliphatic rings. The van der Waals surface area contributed by atoms with Gasteiger partial charge in [-0.05, 0) is 18.2 Å². The molecule has 0 aromatic heterocycles. The molecule has 0 bridgehead atoms. The molecule has 100 valence electrons. The van der Waals surface area contributed by atoms with E-state index in [4.69, 9.17) is 9.47 Å². The molecule has 1 rings (SSSR count). The van der Waals surface area contributed by atoms with E-state index in [0.29, 0.717) is 18.7 Å². The Labute approximate surface area is 111 Å². The molecule has 0 aliphatic carbocycles. The second kappa shape index (κ2) is 7.35. The highest BCUT2D eigenvalue weighted by Crippen LogP contribution is 2.14. The summed E-state index contributed by atoms with van der Waals surface area (Å²) in [5.41, 5.74) is 0.355. The number of carbonyl (C=O) groups is 1. The van der Waals surface area contributed by atoms with E-state index < -0.39 is 5.82 Å². The van der Waals surface area contributed by atoms with Gasteiger partial charge in [-0.1, -0.05) is 0 Å². The van der Waals surface area contributed by atoms with E-state index in [1.807, 2.05) is 0 Å². The highest BCUT2D eigenvalue weighted by Gasteiger charge is 2.11. The van der Waals surface area contributed by atoms with Crippen molar-refractivity contribution < 1.29 is 18.7 Å². The first kappa shape index (κ1) is 14.9. The second-order valence-corrected chi connectivity index (χ2v) is 4.17. The first-order chi connectivity index (χ1) is 8.58. The number of thiol groups is 1. The van der Waals surface area contributed by atoms with Gasteiger partial charge in [-0.2, -0.15) is 0 Å². The van der Waals surface area contributed by atoms with Crippen molar-refractivity contribution in [3.63, 3.8) is 0 Å². The molecule has 1 aromatic carbocycles. The summed E-state index contributed by atoms with van der Waals surface area (Å²) in [6.45, 7) is 0.709. The van der Waals surface area contributed by atoms with Crippen LogP contribution in [-0.2, 0) is 9.47 Å². The number of amides is 1. The quantitative estimate of drug-likeness (QED) is 0.772. The van der Waals surface area contributed by atoms with Crippen LogP contribution in [0.5, 0.6) is 0 Å². The van der Waals surface area contributed by atoms with Crippen LogP contribution in [0.1, 0.15) is 10.4 Å². The third kappa shape index (κ3) is 4.29. The molecule has 0 saturated carbocycles. The van der Waals surface area contributed by atoms with Crippen LogP contribution in [0, 0.1) is 5.82 Å². The largest absolute Gasteiger partial charge is 0.382 e. The van der Waals surface area contributed by atoms with Gasteiger partial charge in [0.25, 0.3) is 5.91 Å². The molecule has 0 saturated heterocycles. The van der Waals surface area contributed by atoms with Crippen LogP contribution in [0.3, 0.4) is 0 Å². The lowest BCUT2D eigenvalue weighted by Gasteiger charge is -2.15. The summed E-state index contributed by atoms with van der Waals surface area (Å²) in [7, 11) is 3.10. The maximum absolute atomic E-state index is 13.0. The number of halogens is 1. The molecular weight excluding hydrogens is 257 g/mol. The first-order valence-corrected chi connectivity index (χ1v) is 5.81. The van der Waals surface area contributed by atoms with E-state index in [9.17, 15) is 9.18 Å². The van der Waals surface area contributed by atoms with Gasteiger partial charge in [0, 0.05) is 31.2 Å². The predicted molar refractivity (Wildman–Crippen MR) is 68.7 cm³/mol. The highest BCUT2D eigenvalue weighted by molar-refractivity contribution is 7.80. The van der Waals surface area contributed by atoms with E-state index in [2.05, 4.69) is 17.9 Å². The van der Waals surface area contributed by atoms with Gasteiger partial charge in [-0.15, -0.1) is 12.6 Å². The van der Waals surface area contributed by atoms with Crippen LogP contribution >= 0.6 is 12.6 Å². The van der Waals surface area contributed by atoms with Gasteiger partial charge in [-0.3, -0.25) is 4.79 Å². The van der Waals surface area contributed by atoms with Gasteiger partial charge in [0.1, 0.15) is 5.82 Å². The lowest BCUT2D eigenvalue weighted by atomic mass is 10.2. The molecule has 0 spiro atoms. The maximum Gasteiger partial charge on any atom is 0.251 e. The summed E-state index contributed by atoms with van der Waals surface area (Å²) in [5, 5.41) is 2.68. The Morgan fingerprint density at radius 3 is 2.78 bits per heavy atom. The first-order valence-electron chi connectivity index (χ1n) is 5.37. The molecule has 1 unspecified atom stereocenters. The predicted octanol–water partition coefficient (Wildman–Crippen LogP) is 1.51. The smallest absolute Gasteiger partial charge is 0.251 e. The van der Waals surface area contributed by atoms with Crippen LogP contribution in [0.4, 0.5) is 4.39 Å². The van der Waals surface area contributed by atoms with E-state index in [-0.39, 0.29) is 16.9 Å². The summed E-state index contributed by atoms with van der Waals surface area (Å²) in [5.74, 6) is -0.757. The number of benzene rings is 1. The third-order valence-electron chi connectivity index (χ3n) is 2.38. The fraction of sp³-hybridized carbons (Fsp3) is 0.417. The van der Waals surface area contributed by atoms with Gasteiger partial charge in [0.15, 0.2) is 0 Å². The summed E-state index contributed by atoms with van der Waals surface area (Å²) < 4.78 is 23.0. The number of hydrogen-bond acceptors (Lipinski definition) is 4. The number of hydrogen-bond donors (Lipinski definition) is 2. The van der Waals surface area contributed by atoms with E-state index in [0.717, 1.165) is 0 Å². The Morgan fingerprint density at radius 2 is 2.22 bits per heavy atom. The Kier molecular flexibility index (Phi) is 6.11. The highest BCUT2D eigenvalue weighted by atomic mass is 32.1. The average Bonchev–Trinajstić information content (AvgIpc) is 2.37. The molecule has 0 fully saturated rings. The average molecular weight is 273 g/mol. The van der Waals surface area contributed by atoms with Crippen molar-refractivity contribution in [3.8, 4) is 0 Å². The van der Waals surface area contributed by atoms with Gasteiger partial charge in [0.2, 0.25) is 0 Å². The zero-order valence-corrected chi connectivity index (χ0v) is 11.2. The van der Waals surface area contributed by atoms with Crippen LogP contribution in [-0.4, -0.2) is 39.4 Å². The van der Waals surface area contributed by atoms with Crippen molar-refractivity contribution in [1.29, 1.82) is 0 Å². The van der Waals surface area contributed by atoms with E-state index in [1.54, 1.807) is 14.2 Å². The van der Waals surface area contributed by atoms with Crippen molar-refractivity contribution in [2.45, 2.75) is 11.0 Å². The van der Waals surface area contributed by atoms with Gasteiger partial charge in [0.05, 0.1) is 12.7 Å². The molecule has 1 N–H and O–H groups in total. The molecule has 1 atom stereocenters. The summed E-state index contributed by atoms with van der Waals surface area (Å²) >= 11 is 3.92. The lowest BCUT2D eigenvalue weighted by molar-refractivity contribution is 0.0285. The topological polar surface area (TPSA) is 47.6 Å². The summed E-state index contributed by atoms with van der Waals surface area (Å²) in [6, 6.07) is 3.99. The lowest BCUT2D eigenvalue weighted by Crippen LogP contribution is -2.35. The van der Waals surface area contributed by atoms with Crippen LogP contribution in [0.25, 0.3) is 0 Å². The maximum atomic E-state index is 13.0. The second-order valence-electron chi connectivity index (χ2n) is 3.69. The van der Waals surface area contributed by atoms with Crippen molar-refractivity contribution in [2.75, 3.05) is 27.4 Å². The van der Waals surface area contributed by atoms with Crippen molar-refractivity contribution in [3.05, 3.63) is 29.6 Å². The van der Waals surface area contributed by atoms with Crippen molar-refractivity contribution in [2.24, 2.45) is 0 Å². The zero-order chi connectivity index (χ0) is 13.5. The summed E-state index contributed by atoms with van der Waals surface area (Å²) in [6.07, 6.45) is -0.213. The normalized spacial score (nSPS) is 12.2. The standard InChI is InChI=1S/C12H16FNO3S/c1-16-7-9(17-2)6-14-12(15)8-3-4-10(13)11(18)5-8/h3-5,9,18H,6-7H2,1-2H3,(H,14,15). The number of carbonyl (C=O) groups excluding carboxylic acids is 1.